The first-order chi connectivity index (χ1) is 5.70. The molecule has 2 aromatic rings. The van der Waals surface area contributed by atoms with E-state index in [1.807, 2.05) is 19.1 Å². The number of nitrogens with one attached hydrogen (secondary N) is 1. The fourth-order valence-corrected chi connectivity index (χ4v) is 1.68. The Hall–Kier alpha value is -0.540. The molecule has 0 unspecified atom stereocenters. The van der Waals surface area contributed by atoms with Gasteiger partial charge in [-0.15, -0.1) is 0 Å². The van der Waals surface area contributed by atoms with E-state index in [1.54, 1.807) is 0 Å². The molecule has 0 aliphatic carbocycles. The van der Waals surface area contributed by atoms with E-state index in [1.165, 1.54) is 0 Å². The highest BCUT2D eigenvalue weighted by Crippen LogP contribution is 2.27. The highest BCUT2D eigenvalue weighted by molar-refractivity contribution is 9.10. The molecule has 2 rings (SSSR count). The SMILES string of the molecule is Cc1c(Br)ccc2c(Cl)[nH]nc12. The monoisotopic (exact) mass is 244 g/mol. The molecule has 4 heteroatoms. The summed E-state index contributed by atoms with van der Waals surface area (Å²) in [7, 11) is 0. The van der Waals surface area contributed by atoms with Crippen LogP contribution in [0.5, 0.6) is 0 Å². The van der Waals surface area contributed by atoms with Crippen LogP contribution in [-0.2, 0) is 0 Å². The Morgan fingerprint density at radius 2 is 2.25 bits per heavy atom. The van der Waals surface area contributed by atoms with Crippen LogP contribution >= 0.6 is 27.5 Å². The molecule has 0 spiro atoms. The lowest BCUT2D eigenvalue weighted by molar-refractivity contribution is 1.11. The first-order valence-electron chi connectivity index (χ1n) is 3.49. The highest BCUT2D eigenvalue weighted by atomic mass is 79.9. The van der Waals surface area contributed by atoms with Crippen molar-refractivity contribution in [2.75, 3.05) is 0 Å². The minimum atomic E-state index is 0.598. The standard InChI is InChI=1S/C8H6BrClN2/c1-4-6(9)3-2-5-7(4)11-12-8(5)10/h2-3H,1H3,(H,11,12). The van der Waals surface area contributed by atoms with Gasteiger partial charge in [0.2, 0.25) is 0 Å². The van der Waals surface area contributed by atoms with E-state index in [0.717, 1.165) is 20.9 Å². The average Bonchev–Trinajstić information content (AvgIpc) is 2.41. The number of aromatic nitrogens is 2. The third-order valence-electron chi connectivity index (χ3n) is 1.87. The zero-order valence-corrected chi connectivity index (χ0v) is 8.70. The third kappa shape index (κ3) is 1.04. The molecule has 0 aliphatic rings. The Bertz CT molecular complexity index is 436. The zero-order chi connectivity index (χ0) is 8.72. The summed E-state index contributed by atoms with van der Waals surface area (Å²) >= 11 is 9.29. The predicted molar refractivity (Wildman–Crippen MR) is 53.5 cm³/mol. The van der Waals surface area contributed by atoms with Gasteiger partial charge in [0.15, 0.2) is 0 Å². The Balaban J connectivity index is 2.93. The number of rotatable bonds is 0. The number of nitrogens with zero attached hydrogens (tertiary/aromatic N) is 1. The fourth-order valence-electron chi connectivity index (χ4n) is 1.16. The summed E-state index contributed by atoms with van der Waals surface area (Å²) in [6, 6.07) is 3.91. The number of aryl methyl sites for hydroxylation is 1. The van der Waals surface area contributed by atoms with E-state index < -0.39 is 0 Å². The summed E-state index contributed by atoms with van der Waals surface area (Å²) in [5.74, 6) is 0. The molecule has 1 N–H and O–H groups in total. The Labute approximate surface area is 83.0 Å². The van der Waals surface area contributed by atoms with Crippen LogP contribution in [-0.4, -0.2) is 10.2 Å². The Morgan fingerprint density at radius 1 is 1.50 bits per heavy atom. The lowest BCUT2D eigenvalue weighted by Crippen LogP contribution is -1.77. The molecule has 0 amide bonds. The van der Waals surface area contributed by atoms with Gasteiger partial charge in [-0.2, -0.15) is 5.10 Å². The smallest absolute Gasteiger partial charge is 0.132 e. The van der Waals surface area contributed by atoms with Crippen LogP contribution in [0.3, 0.4) is 0 Å². The summed E-state index contributed by atoms with van der Waals surface area (Å²) in [5, 5.41) is 8.40. The normalized spacial score (nSPS) is 10.9. The molecular weight excluding hydrogens is 239 g/mol. The third-order valence-corrected chi connectivity index (χ3v) is 3.01. The number of halogens is 2. The summed E-state index contributed by atoms with van der Waals surface area (Å²) < 4.78 is 1.05. The zero-order valence-electron chi connectivity index (χ0n) is 6.36. The molecular formula is C8H6BrClN2. The van der Waals surface area contributed by atoms with E-state index in [2.05, 4.69) is 26.1 Å². The van der Waals surface area contributed by atoms with Crippen LogP contribution in [0.1, 0.15) is 5.56 Å². The summed E-state index contributed by atoms with van der Waals surface area (Å²) in [5.41, 5.74) is 2.03. The Morgan fingerprint density at radius 3 is 3.00 bits per heavy atom. The molecule has 0 fully saturated rings. The van der Waals surface area contributed by atoms with E-state index in [9.17, 15) is 0 Å². The second kappa shape index (κ2) is 2.75. The molecule has 0 radical (unpaired) electrons. The number of benzene rings is 1. The van der Waals surface area contributed by atoms with Crippen LogP contribution in [0.2, 0.25) is 5.15 Å². The van der Waals surface area contributed by atoms with Gasteiger partial charge in [0.25, 0.3) is 0 Å². The van der Waals surface area contributed by atoms with Gasteiger partial charge in [0.05, 0.1) is 5.52 Å². The highest BCUT2D eigenvalue weighted by Gasteiger charge is 2.06. The number of H-pyrrole nitrogens is 1. The first-order valence-corrected chi connectivity index (χ1v) is 4.66. The summed E-state index contributed by atoms with van der Waals surface area (Å²) in [4.78, 5) is 0. The van der Waals surface area contributed by atoms with Crippen LogP contribution < -0.4 is 0 Å². The molecule has 1 heterocycles. The number of hydrogen-bond acceptors (Lipinski definition) is 1. The molecule has 0 bridgehead atoms. The molecule has 0 saturated heterocycles. The lowest BCUT2D eigenvalue weighted by Gasteiger charge is -1.96. The average molecular weight is 246 g/mol. The number of hydrogen-bond donors (Lipinski definition) is 1. The van der Waals surface area contributed by atoms with Gasteiger partial charge in [-0.1, -0.05) is 27.5 Å². The van der Waals surface area contributed by atoms with Gasteiger partial charge in [0.1, 0.15) is 5.15 Å². The minimum absolute atomic E-state index is 0.598. The van der Waals surface area contributed by atoms with Crippen LogP contribution in [0.15, 0.2) is 16.6 Å². The fraction of sp³-hybridized carbons (Fsp3) is 0.125. The van der Waals surface area contributed by atoms with Gasteiger partial charge < -0.3 is 0 Å². The van der Waals surface area contributed by atoms with Crippen LogP contribution in [0.25, 0.3) is 10.9 Å². The molecule has 0 atom stereocenters. The van der Waals surface area contributed by atoms with E-state index in [0.29, 0.717) is 5.15 Å². The van der Waals surface area contributed by atoms with Crippen molar-refractivity contribution in [3.8, 4) is 0 Å². The summed E-state index contributed by atoms with van der Waals surface area (Å²) in [6.07, 6.45) is 0. The molecule has 1 aromatic carbocycles. The van der Waals surface area contributed by atoms with Crippen molar-refractivity contribution in [2.24, 2.45) is 0 Å². The van der Waals surface area contributed by atoms with Gasteiger partial charge in [0, 0.05) is 9.86 Å². The van der Waals surface area contributed by atoms with Crippen molar-refractivity contribution >= 4 is 38.4 Å². The molecule has 2 nitrogen and oxygen atoms in total. The van der Waals surface area contributed by atoms with Crippen molar-refractivity contribution in [3.05, 3.63) is 27.3 Å². The second-order valence-electron chi connectivity index (χ2n) is 2.61. The number of fused-ring (bicyclic) bond motifs is 1. The van der Waals surface area contributed by atoms with Gasteiger partial charge in [-0.05, 0) is 24.6 Å². The quantitative estimate of drug-likeness (QED) is 0.758. The topological polar surface area (TPSA) is 28.7 Å². The number of aromatic amines is 1. The maximum Gasteiger partial charge on any atom is 0.132 e. The van der Waals surface area contributed by atoms with Gasteiger partial charge >= 0.3 is 0 Å². The van der Waals surface area contributed by atoms with Gasteiger partial charge in [-0.25, -0.2) is 0 Å². The van der Waals surface area contributed by atoms with Crippen LogP contribution in [0.4, 0.5) is 0 Å². The van der Waals surface area contributed by atoms with Crippen LogP contribution in [0, 0.1) is 6.92 Å². The van der Waals surface area contributed by atoms with Crippen molar-refractivity contribution in [1.29, 1.82) is 0 Å². The second-order valence-corrected chi connectivity index (χ2v) is 3.84. The summed E-state index contributed by atoms with van der Waals surface area (Å²) in [6.45, 7) is 2.00. The van der Waals surface area contributed by atoms with E-state index >= 15 is 0 Å². The predicted octanol–water partition coefficient (Wildman–Crippen LogP) is 3.29. The maximum absolute atomic E-state index is 5.86. The molecule has 62 valence electrons. The van der Waals surface area contributed by atoms with Crippen molar-refractivity contribution in [1.82, 2.24) is 10.2 Å². The first kappa shape index (κ1) is 8.08. The van der Waals surface area contributed by atoms with Gasteiger partial charge in [-0.3, -0.25) is 5.10 Å². The molecule has 0 aliphatic heterocycles. The molecule has 1 aromatic heterocycles. The largest absolute Gasteiger partial charge is 0.266 e. The lowest BCUT2D eigenvalue weighted by atomic mass is 10.2. The van der Waals surface area contributed by atoms with Crippen molar-refractivity contribution in [3.63, 3.8) is 0 Å². The van der Waals surface area contributed by atoms with E-state index in [-0.39, 0.29) is 0 Å². The van der Waals surface area contributed by atoms with Crippen molar-refractivity contribution < 1.29 is 0 Å². The van der Waals surface area contributed by atoms with Crippen molar-refractivity contribution in [2.45, 2.75) is 6.92 Å². The molecule has 12 heavy (non-hydrogen) atoms. The maximum atomic E-state index is 5.86. The Kier molecular flexibility index (Phi) is 1.85. The molecule has 0 saturated carbocycles. The van der Waals surface area contributed by atoms with E-state index in [4.69, 9.17) is 11.6 Å². The minimum Gasteiger partial charge on any atom is -0.266 e.